The van der Waals surface area contributed by atoms with Gasteiger partial charge in [-0.2, -0.15) is 0 Å². The highest BCUT2D eigenvalue weighted by atomic mass is 16.5. The molecule has 0 saturated carbocycles. The number of anilines is 1. The maximum Gasteiger partial charge on any atom is 0.119 e. The molecule has 0 radical (unpaired) electrons. The highest BCUT2D eigenvalue weighted by molar-refractivity contribution is 5.53. The quantitative estimate of drug-likeness (QED) is 0.847. The summed E-state index contributed by atoms with van der Waals surface area (Å²) < 4.78 is 10.5. The minimum Gasteiger partial charge on any atom is -0.497 e. The summed E-state index contributed by atoms with van der Waals surface area (Å²) in [4.78, 5) is 0. The minimum absolute atomic E-state index is 0.654. The van der Waals surface area contributed by atoms with Crippen LogP contribution in [0.5, 0.6) is 5.75 Å². The van der Waals surface area contributed by atoms with Crippen molar-refractivity contribution >= 4 is 5.69 Å². The van der Waals surface area contributed by atoms with E-state index in [1.807, 2.05) is 12.1 Å². The molecule has 16 heavy (non-hydrogen) atoms. The van der Waals surface area contributed by atoms with Crippen LogP contribution < -0.4 is 10.1 Å². The van der Waals surface area contributed by atoms with Gasteiger partial charge in [0.05, 0.1) is 13.7 Å². The van der Waals surface area contributed by atoms with Crippen LogP contribution in [-0.2, 0) is 4.74 Å². The lowest BCUT2D eigenvalue weighted by molar-refractivity contribution is 0.187. The Morgan fingerprint density at radius 3 is 3.00 bits per heavy atom. The first kappa shape index (κ1) is 11.3. The van der Waals surface area contributed by atoms with Crippen molar-refractivity contribution in [2.24, 2.45) is 5.92 Å². The molecule has 1 atom stereocenters. The number of methoxy groups -OCH3 is 1. The van der Waals surface area contributed by atoms with Crippen LogP contribution in [0.3, 0.4) is 0 Å². The third-order valence-electron chi connectivity index (χ3n) is 3.04. The van der Waals surface area contributed by atoms with Crippen molar-refractivity contribution in [1.82, 2.24) is 0 Å². The van der Waals surface area contributed by atoms with Gasteiger partial charge in [-0.25, -0.2) is 0 Å². The van der Waals surface area contributed by atoms with Gasteiger partial charge in [0.1, 0.15) is 5.75 Å². The molecule has 0 spiro atoms. The number of hydrogen-bond acceptors (Lipinski definition) is 3. The average Bonchev–Trinajstić information content (AvgIpc) is 2.80. The second-order valence-corrected chi connectivity index (χ2v) is 4.29. The van der Waals surface area contributed by atoms with Gasteiger partial charge < -0.3 is 14.8 Å². The summed E-state index contributed by atoms with van der Waals surface area (Å²) in [5.74, 6) is 1.56. The Kier molecular flexibility index (Phi) is 3.67. The molecule has 3 nitrogen and oxygen atoms in total. The Balaban J connectivity index is 1.93. The topological polar surface area (TPSA) is 30.5 Å². The number of rotatable bonds is 4. The zero-order chi connectivity index (χ0) is 11.4. The molecule has 1 heterocycles. The van der Waals surface area contributed by atoms with E-state index in [1.165, 1.54) is 17.7 Å². The Labute approximate surface area is 96.8 Å². The van der Waals surface area contributed by atoms with Crippen molar-refractivity contribution in [1.29, 1.82) is 0 Å². The molecular formula is C13H19NO2. The number of ether oxygens (including phenoxy) is 2. The van der Waals surface area contributed by atoms with E-state index in [4.69, 9.17) is 9.47 Å². The molecule has 1 saturated heterocycles. The predicted molar refractivity (Wildman–Crippen MR) is 65.1 cm³/mol. The fourth-order valence-corrected chi connectivity index (χ4v) is 1.96. The van der Waals surface area contributed by atoms with Gasteiger partial charge in [0.2, 0.25) is 0 Å². The SMILES string of the molecule is COc1ccc(NCC2CCOC2)c(C)c1. The van der Waals surface area contributed by atoms with Crippen molar-refractivity contribution in [2.45, 2.75) is 13.3 Å². The van der Waals surface area contributed by atoms with Crippen LogP contribution in [-0.4, -0.2) is 26.9 Å². The van der Waals surface area contributed by atoms with Crippen molar-refractivity contribution in [3.63, 3.8) is 0 Å². The highest BCUT2D eigenvalue weighted by Crippen LogP contribution is 2.22. The lowest BCUT2D eigenvalue weighted by atomic mass is 10.1. The maximum absolute atomic E-state index is 5.35. The summed E-state index contributed by atoms with van der Waals surface area (Å²) >= 11 is 0. The smallest absolute Gasteiger partial charge is 0.119 e. The van der Waals surface area contributed by atoms with Crippen LogP contribution in [0.4, 0.5) is 5.69 Å². The van der Waals surface area contributed by atoms with Crippen molar-refractivity contribution < 1.29 is 9.47 Å². The highest BCUT2D eigenvalue weighted by Gasteiger charge is 2.15. The zero-order valence-electron chi connectivity index (χ0n) is 9.95. The molecule has 1 fully saturated rings. The number of benzene rings is 1. The Morgan fingerprint density at radius 1 is 1.50 bits per heavy atom. The first-order valence-electron chi connectivity index (χ1n) is 5.76. The van der Waals surface area contributed by atoms with Crippen LogP contribution in [0, 0.1) is 12.8 Å². The van der Waals surface area contributed by atoms with Crippen LogP contribution in [0.25, 0.3) is 0 Å². The number of hydrogen-bond donors (Lipinski definition) is 1. The summed E-state index contributed by atoms with van der Waals surface area (Å²) in [7, 11) is 1.69. The molecule has 1 N–H and O–H groups in total. The largest absolute Gasteiger partial charge is 0.497 e. The van der Waals surface area contributed by atoms with Gasteiger partial charge in [0.15, 0.2) is 0 Å². The van der Waals surface area contributed by atoms with Gasteiger partial charge in [-0.1, -0.05) is 0 Å². The summed E-state index contributed by atoms with van der Waals surface area (Å²) in [6.45, 7) is 4.89. The second kappa shape index (κ2) is 5.21. The number of nitrogens with one attached hydrogen (secondary N) is 1. The van der Waals surface area contributed by atoms with Crippen LogP contribution in [0.2, 0.25) is 0 Å². The summed E-state index contributed by atoms with van der Waals surface area (Å²) in [6, 6.07) is 6.11. The Morgan fingerprint density at radius 2 is 2.38 bits per heavy atom. The van der Waals surface area contributed by atoms with Gasteiger partial charge >= 0.3 is 0 Å². The summed E-state index contributed by atoms with van der Waals surface area (Å²) in [5, 5.41) is 3.47. The molecule has 1 aromatic carbocycles. The number of aryl methyl sites for hydroxylation is 1. The van der Waals surface area contributed by atoms with E-state index in [0.717, 1.165) is 25.5 Å². The van der Waals surface area contributed by atoms with Crippen molar-refractivity contribution in [2.75, 3.05) is 32.2 Å². The zero-order valence-corrected chi connectivity index (χ0v) is 9.95. The monoisotopic (exact) mass is 221 g/mol. The van der Waals surface area contributed by atoms with E-state index in [0.29, 0.717) is 5.92 Å². The normalized spacial score (nSPS) is 19.8. The molecule has 1 aliphatic rings. The van der Waals surface area contributed by atoms with Gasteiger partial charge in [0.25, 0.3) is 0 Å². The van der Waals surface area contributed by atoms with Gasteiger partial charge in [-0.05, 0) is 37.1 Å². The molecule has 0 aliphatic carbocycles. The maximum atomic E-state index is 5.35. The summed E-state index contributed by atoms with van der Waals surface area (Å²) in [6.07, 6.45) is 1.17. The summed E-state index contributed by atoms with van der Waals surface area (Å²) in [5.41, 5.74) is 2.41. The van der Waals surface area contributed by atoms with E-state index in [2.05, 4.69) is 18.3 Å². The third kappa shape index (κ3) is 2.67. The van der Waals surface area contributed by atoms with Crippen LogP contribution >= 0.6 is 0 Å². The van der Waals surface area contributed by atoms with E-state index < -0.39 is 0 Å². The average molecular weight is 221 g/mol. The minimum atomic E-state index is 0.654. The fraction of sp³-hybridized carbons (Fsp3) is 0.538. The predicted octanol–water partition coefficient (Wildman–Crippen LogP) is 2.45. The molecule has 3 heteroatoms. The molecule has 0 aromatic heterocycles. The van der Waals surface area contributed by atoms with E-state index >= 15 is 0 Å². The second-order valence-electron chi connectivity index (χ2n) is 4.29. The Bertz CT molecular complexity index is 346. The van der Waals surface area contributed by atoms with Crippen LogP contribution in [0.15, 0.2) is 18.2 Å². The lowest BCUT2D eigenvalue weighted by Gasteiger charge is -2.13. The lowest BCUT2D eigenvalue weighted by Crippen LogP contribution is -2.14. The molecule has 1 unspecified atom stereocenters. The molecule has 0 amide bonds. The van der Waals surface area contributed by atoms with E-state index in [9.17, 15) is 0 Å². The van der Waals surface area contributed by atoms with Crippen LogP contribution in [0.1, 0.15) is 12.0 Å². The molecular weight excluding hydrogens is 202 g/mol. The van der Waals surface area contributed by atoms with Gasteiger partial charge in [-0.3, -0.25) is 0 Å². The molecule has 2 rings (SSSR count). The fourth-order valence-electron chi connectivity index (χ4n) is 1.96. The van der Waals surface area contributed by atoms with Gasteiger partial charge in [0, 0.05) is 24.8 Å². The van der Waals surface area contributed by atoms with E-state index in [1.54, 1.807) is 7.11 Å². The molecule has 88 valence electrons. The van der Waals surface area contributed by atoms with E-state index in [-0.39, 0.29) is 0 Å². The molecule has 1 aliphatic heterocycles. The first-order chi connectivity index (χ1) is 7.79. The third-order valence-corrected chi connectivity index (χ3v) is 3.04. The standard InChI is InChI=1S/C13H19NO2/c1-10-7-12(15-2)3-4-13(10)14-8-11-5-6-16-9-11/h3-4,7,11,14H,5-6,8-9H2,1-2H3. The first-order valence-corrected chi connectivity index (χ1v) is 5.76. The van der Waals surface area contributed by atoms with Gasteiger partial charge in [-0.15, -0.1) is 0 Å². The molecule has 0 bridgehead atoms. The van der Waals surface area contributed by atoms with Crippen molar-refractivity contribution in [3.8, 4) is 5.75 Å². The Hall–Kier alpha value is -1.22. The molecule has 1 aromatic rings. The van der Waals surface area contributed by atoms with Crippen molar-refractivity contribution in [3.05, 3.63) is 23.8 Å².